The number of hydrogen-bond acceptors (Lipinski definition) is 51. The Labute approximate surface area is 666 Å². The fraction of sp³-hybridized carbons (Fsp3) is 0.833. The molecule has 10 fully saturated rings. The lowest BCUT2D eigenvalue weighted by Crippen LogP contribution is -2.69. The van der Waals surface area contributed by atoms with E-state index in [0.717, 1.165) is 0 Å². The fourth-order valence-corrected chi connectivity index (χ4v) is 14.2. The summed E-state index contributed by atoms with van der Waals surface area (Å²) in [7, 11) is 0. The number of rotatable bonds is 28. The minimum absolute atomic E-state index is 1.94. The van der Waals surface area contributed by atoms with Gasteiger partial charge >= 0.3 is 59.7 Å². The Hall–Kier alpha value is -6.94. The van der Waals surface area contributed by atoms with E-state index in [1.165, 1.54) is 0 Å². The second-order valence-electron chi connectivity index (χ2n) is 28.4. The van der Waals surface area contributed by atoms with Crippen molar-refractivity contribution in [3.8, 4) is 0 Å². The molecule has 0 radical (unpaired) electrons. The standard InChI is InChI=1S/C60H82O61/c61-1-2(62)31(41(82)83)113-52(13(1)73)105-23-4(64)15(75)54(115-33(23)43(86)87)107-25-6(66)17(77)56(117-35(25)45(90)91)109-27-8(68)19(79)58(119-37(27)47(94)95)111-29-10(70)21(81)60(121-39(29)49(98)99)112-30-11(71)20(80)59(120-40(30)50(100)101)110-28-9(69)18(78)57(118-38(28)48(96)97)108-26-7(67)16(76)55(116-36(26)46(92)93)106-24-5(65)14(74)53(114-34(24)44(88)89)104-22-3(63)12(72)51(102)103-32(22)42(84)85/h1-40,51-81,102H,(H,82,83)(H,84,85)(H,86,87)(H,88,89)(H,90,91)(H,92,93)(H,94,95)(H,96,97)(H,98,99)(H,100,101)/t1-,2+,3-,4-,5+,6+,7-,8+,9+,10+,11+,12+,13+,14+,15+,16+,17+,18+,19+,20+,21+,22+,23+,24+,25+,26+,27+,28+,29+,30+,31-,32-,33-,34-,35-,36-,37-,38-,39-,40-,51?,52-,53-,54-,55-,56-,57-,58-,59-,60-/m0/s1. The highest BCUT2D eigenvalue weighted by Gasteiger charge is 2.65. The van der Waals surface area contributed by atoms with Crippen molar-refractivity contribution < 1.29 is 301 Å². The average Bonchev–Trinajstić information content (AvgIpc) is 0.764. The molecule has 10 aliphatic rings. The van der Waals surface area contributed by atoms with Crippen LogP contribution in [-0.2, 0) is 138 Å². The van der Waals surface area contributed by atoms with Crippen LogP contribution < -0.4 is 0 Å². The zero-order valence-corrected chi connectivity index (χ0v) is 60.0. The van der Waals surface area contributed by atoms with Crippen LogP contribution in [0.25, 0.3) is 0 Å². The van der Waals surface area contributed by atoms with Gasteiger partial charge in [0.15, 0.2) is 124 Å². The molecule has 61 heteroatoms. The highest BCUT2D eigenvalue weighted by Crippen LogP contribution is 2.41. The average molecular weight is 1780 g/mol. The molecule has 0 aromatic carbocycles. The van der Waals surface area contributed by atoms with Gasteiger partial charge in [0.25, 0.3) is 0 Å². The first-order chi connectivity index (χ1) is 56.4. The van der Waals surface area contributed by atoms with Crippen molar-refractivity contribution in [2.24, 2.45) is 0 Å². The number of carbonyl (C=O) groups is 10. The lowest BCUT2D eigenvalue weighted by molar-refractivity contribution is -0.391. The van der Waals surface area contributed by atoms with Crippen LogP contribution in [0.5, 0.6) is 0 Å². The maximum atomic E-state index is 12.8. The van der Waals surface area contributed by atoms with Crippen LogP contribution in [0.2, 0.25) is 0 Å². The van der Waals surface area contributed by atoms with Crippen LogP contribution >= 0.6 is 0 Å². The molecule has 10 saturated heterocycles. The summed E-state index contributed by atoms with van der Waals surface area (Å²) in [5.74, 6) is -21.6. The van der Waals surface area contributed by atoms with Crippen molar-refractivity contribution in [1.29, 1.82) is 0 Å². The molecular weight excluding hydrogens is 1700 g/mol. The van der Waals surface area contributed by atoms with Gasteiger partial charge in [0.05, 0.1) is 0 Å². The second kappa shape index (κ2) is 38.5. The first-order valence-electron chi connectivity index (χ1n) is 35.1. The molecule has 10 aliphatic heterocycles. The second-order valence-corrected chi connectivity index (χ2v) is 28.4. The number of hydrogen-bond donors (Lipinski definition) is 32. The van der Waals surface area contributed by atoms with E-state index in [2.05, 4.69) is 4.74 Å². The summed E-state index contributed by atoms with van der Waals surface area (Å²) in [4.78, 5) is 125. The van der Waals surface area contributed by atoms with E-state index in [0.29, 0.717) is 0 Å². The molecule has 0 spiro atoms. The van der Waals surface area contributed by atoms with Gasteiger partial charge in [-0.05, 0) is 0 Å². The van der Waals surface area contributed by atoms with E-state index in [1.54, 1.807) is 0 Å². The highest BCUT2D eigenvalue weighted by molar-refractivity contribution is 5.77. The van der Waals surface area contributed by atoms with Crippen molar-refractivity contribution in [2.45, 2.75) is 307 Å². The zero-order valence-electron chi connectivity index (χ0n) is 60.0. The van der Waals surface area contributed by atoms with Crippen molar-refractivity contribution in [1.82, 2.24) is 0 Å². The first kappa shape index (κ1) is 96.3. The molecule has 50 atom stereocenters. The Morgan fingerprint density at radius 1 is 0.140 bits per heavy atom. The molecule has 61 nitrogen and oxygen atoms in total. The molecule has 0 bridgehead atoms. The van der Waals surface area contributed by atoms with Crippen LogP contribution in [0, 0.1) is 0 Å². The van der Waals surface area contributed by atoms with Crippen LogP contribution in [0.3, 0.4) is 0 Å². The third-order valence-electron chi connectivity index (χ3n) is 20.5. The molecule has 0 aliphatic carbocycles. The van der Waals surface area contributed by atoms with Crippen molar-refractivity contribution in [2.75, 3.05) is 0 Å². The van der Waals surface area contributed by atoms with Crippen LogP contribution in [-0.4, -0.2) is 530 Å². The molecule has 688 valence electrons. The van der Waals surface area contributed by atoms with Crippen LogP contribution in [0.1, 0.15) is 0 Å². The maximum absolute atomic E-state index is 12.8. The van der Waals surface area contributed by atoms with E-state index in [4.69, 9.17) is 85.3 Å². The summed E-state index contributed by atoms with van der Waals surface area (Å²) in [6.07, 6.45) is -132. The Kier molecular flexibility index (Phi) is 30.6. The normalized spacial score (nSPS) is 49.9. The van der Waals surface area contributed by atoms with E-state index in [-0.39, 0.29) is 0 Å². The summed E-state index contributed by atoms with van der Waals surface area (Å²) < 4.78 is 99.0. The summed E-state index contributed by atoms with van der Waals surface area (Å²) in [6, 6.07) is 0. The summed E-state index contributed by atoms with van der Waals surface area (Å²) in [5.41, 5.74) is 0. The molecule has 32 N–H and O–H groups in total. The van der Waals surface area contributed by atoms with Crippen LogP contribution in [0.4, 0.5) is 0 Å². The lowest BCUT2D eigenvalue weighted by atomic mass is 9.94. The first-order valence-corrected chi connectivity index (χ1v) is 35.1. The van der Waals surface area contributed by atoms with Crippen molar-refractivity contribution in [3.63, 3.8) is 0 Å². The molecule has 0 aromatic rings. The zero-order chi connectivity index (χ0) is 90.1. The summed E-state index contributed by atoms with van der Waals surface area (Å²) in [6.45, 7) is 0. The van der Waals surface area contributed by atoms with Gasteiger partial charge < -0.3 is 253 Å². The van der Waals surface area contributed by atoms with Gasteiger partial charge in [0.1, 0.15) is 183 Å². The van der Waals surface area contributed by atoms with Gasteiger partial charge in [-0.3, -0.25) is 0 Å². The third-order valence-corrected chi connectivity index (χ3v) is 20.5. The van der Waals surface area contributed by atoms with E-state index >= 15 is 0 Å². The molecule has 121 heavy (non-hydrogen) atoms. The smallest absolute Gasteiger partial charge is 0.335 e. The minimum Gasteiger partial charge on any atom is -0.479 e. The molecule has 1 unspecified atom stereocenters. The van der Waals surface area contributed by atoms with Gasteiger partial charge in [-0.2, -0.15) is 0 Å². The van der Waals surface area contributed by atoms with Gasteiger partial charge in [-0.15, -0.1) is 0 Å². The van der Waals surface area contributed by atoms with Gasteiger partial charge in [-0.1, -0.05) is 0 Å². The van der Waals surface area contributed by atoms with Crippen molar-refractivity contribution in [3.05, 3.63) is 0 Å². The van der Waals surface area contributed by atoms with Crippen LogP contribution in [0.15, 0.2) is 0 Å². The number of aliphatic carboxylic acids is 10. The van der Waals surface area contributed by atoms with E-state index in [9.17, 15) is 211 Å². The van der Waals surface area contributed by atoms with Gasteiger partial charge in [-0.25, -0.2) is 47.9 Å². The highest BCUT2D eigenvalue weighted by atomic mass is 16.8. The molecule has 10 heterocycles. The Morgan fingerprint density at radius 2 is 0.256 bits per heavy atom. The van der Waals surface area contributed by atoms with E-state index < -0.39 is 367 Å². The lowest BCUT2D eigenvalue weighted by Gasteiger charge is -2.49. The van der Waals surface area contributed by atoms with Gasteiger partial charge in [0.2, 0.25) is 0 Å². The maximum Gasteiger partial charge on any atom is 0.335 e. The number of carboxylic acid groups (broad SMARTS) is 10. The molecule has 10 rings (SSSR count). The minimum atomic E-state index is -2.84. The number of aliphatic hydroxyl groups is 22. The van der Waals surface area contributed by atoms with Crippen molar-refractivity contribution >= 4 is 59.7 Å². The molecular formula is C60H82O61. The molecule has 0 saturated carbocycles. The predicted octanol–water partition coefficient (Wildman–Crippen LogP) is -21.9. The predicted molar refractivity (Wildman–Crippen MR) is 335 cm³/mol. The fourth-order valence-electron chi connectivity index (χ4n) is 14.2. The third kappa shape index (κ3) is 19.3. The molecule has 0 aromatic heterocycles. The monoisotopic (exact) mass is 1780 g/mol. The SMILES string of the molecule is O=C(O)[C@H]1O[C@H](O[C@@H]2[C@@H](O)[C@@H](O)[C@@H](O[C@@H]3[C@H](O)[C@@H](O)[C@@H](O[C@@H]4[C@H](O)[C@@H](O)[C@@H](O[C@@H]5[C@H](O)[C@@H](O)[C@@H](O[C@@H]6[C@H](O)[C@@H](O)[C@@H](O[C@@H]7[C@H](O)[C@@H](O)[C@@H](O[C@@H]8[C@@H](O)[C@@H](O)[C@@H](O[C@@H]9[C@H](O)[C@@H](O)[C@@H](O[C@@H]%10[C@@H](O)[C@@H](O)C(O)O[C@@H]%10C(=O)O)O[C@@H]9C(=O)O)O[C@@H]8C(=O)O)O[C@@H]7C(=O)O)O[C@@H]6C(=O)O)O[C@@H]5C(=O)O)O[C@@H]4C(=O)O)O[C@@H]3C(=O)O)O[C@@H]2C(=O)O)[C@H](O)[C@@H](O)[C@H]1O. The Morgan fingerprint density at radius 3 is 0.397 bits per heavy atom. The largest absolute Gasteiger partial charge is 0.479 e. The summed E-state index contributed by atoms with van der Waals surface area (Å²) >= 11 is 0. The summed E-state index contributed by atoms with van der Waals surface area (Å²) in [5, 5.41) is 341. The molecule has 0 amide bonds. The number of carboxylic acids is 10. The number of ether oxygens (including phenoxy) is 19. The Bertz CT molecular complexity index is 3640. The number of aliphatic hydroxyl groups excluding tert-OH is 22. The quantitative estimate of drug-likeness (QED) is 0.0346. The Balaban J connectivity index is 0.752. The topological polar surface area (TPSA) is 993 Å². The van der Waals surface area contributed by atoms with E-state index in [1.807, 2.05) is 0 Å². The van der Waals surface area contributed by atoms with Gasteiger partial charge in [0, 0.05) is 0 Å².